The van der Waals surface area contributed by atoms with Crippen LogP contribution in [0.5, 0.6) is 0 Å². The number of nitrogens with one attached hydrogen (secondary N) is 1. The average Bonchev–Trinajstić information content (AvgIpc) is 2.35. The second kappa shape index (κ2) is 6.39. The molecule has 7 heteroatoms. The molecule has 0 spiro atoms. The van der Waals surface area contributed by atoms with Crippen LogP contribution in [0.2, 0.25) is 0 Å². The van der Waals surface area contributed by atoms with Crippen molar-refractivity contribution in [2.45, 2.75) is 20.3 Å². The number of ketones is 1. The van der Waals surface area contributed by atoms with E-state index in [2.05, 4.69) is 10.5 Å². The number of nitro benzene ring substituents is 1. The van der Waals surface area contributed by atoms with Gasteiger partial charge in [-0.1, -0.05) is 6.07 Å². The van der Waals surface area contributed by atoms with E-state index < -0.39 is 10.8 Å². The first-order chi connectivity index (χ1) is 8.90. The van der Waals surface area contributed by atoms with Crippen molar-refractivity contribution in [3.05, 3.63) is 39.9 Å². The first-order valence-corrected chi connectivity index (χ1v) is 5.47. The van der Waals surface area contributed by atoms with Crippen LogP contribution in [0.3, 0.4) is 0 Å². The lowest BCUT2D eigenvalue weighted by molar-refractivity contribution is -0.384. The molecule has 0 unspecified atom stereocenters. The highest BCUT2D eigenvalue weighted by molar-refractivity contribution is 6.01. The summed E-state index contributed by atoms with van der Waals surface area (Å²) in [5, 5.41) is 14.3. The zero-order valence-corrected chi connectivity index (χ0v) is 10.5. The van der Waals surface area contributed by atoms with Crippen LogP contribution < -0.4 is 5.43 Å². The highest BCUT2D eigenvalue weighted by atomic mass is 16.6. The van der Waals surface area contributed by atoms with Gasteiger partial charge in [0.05, 0.1) is 4.92 Å². The molecular weight excluding hydrogens is 250 g/mol. The van der Waals surface area contributed by atoms with E-state index in [-0.39, 0.29) is 23.5 Å². The number of Topliss-reactive ketones (excluding diaryl/α,β-unsaturated/α-hetero) is 1. The number of amides is 1. The Morgan fingerprint density at radius 3 is 2.63 bits per heavy atom. The van der Waals surface area contributed by atoms with Gasteiger partial charge in [0.15, 0.2) is 0 Å². The van der Waals surface area contributed by atoms with Gasteiger partial charge in [-0.25, -0.2) is 5.43 Å². The van der Waals surface area contributed by atoms with Gasteiger partial charge in [-0.3, -0.25) is 19.7 Å². The molecule has 19 heavy (non-hydrogen) atoms. The van der Waals surface area contributed by atoms with Gasteiger partial charge < -0.3 is 0 Å². The third-order valence-electron chi connectivity index (χ3n) is 2.17. The fraction of sp³-hybridized carbons (Fsp3) is 0.250. The monoisotopic (exact) mass is 263 g/mol. The maximum absolute atomic E-state index is 11.7. The molecule has 1 aromatic carbocycles. The number of non-ortho nitro benzene ring substituents is 1. The summed E-state index contributed by atoms with van der Waals surface area (Å²) in [5.41, 5.74) is 2.67. The quantitative estimate of drug-likeness (QED) is 0.496. The van der Waals surface area contributed by atoms with E-state index in [4.69, 9.17) is 0 Å². The van der Waals surface area contributed by atoms with Crippen molar-refractivity contribution >= 4 is 23.1 Å². The van der Waals surface area contributed by atoms with E-state index in [1.165, 1.54) is 25.1 Å². The van der Waals surface area contributed by atoms with Gasteiger partial charge in [-0.15, -0.1) is 0 Å². The Hall–Kier alpha value is -2.57. The third-order valence-corrected chi connectivity index (χ3v) is 2.17. The second-order valence-corrected chi connectivity index (χ2v) is 3.97. The standard InChI is InChI=1S/C12H13N3O4/c1-8(6-9(2)16)13-14-12(17)10-4-3-5-11(7-10)15(18)19/h3-5,7H,6H2,1-2H3,(H,14,17). The Labute approximate surface area is 109 Å². The minimum atomic E-state index is -0.582. The van der Waals surface area contributed by atoms with E-state index >= 15 is 0 Å². The maximum atomic E-state index is 11.7. The van der Waals surface area contributed by atoms with Gasteiger partial charge >= 0.3 is 0 Å². The predicted molar refractivity (Wildman–Crippen MR) is 69.0 cm³/mol. The van der Waals surface area contributed by atoms with Crippen LogP contribution in [0.4, 0.5) is 5.69 Å². The van der Waals surface area contributed by atoms with Crippen molar-refractivity contribution in [2.75, 3.05) is 0 Å². The smallest absolute Gasteiger partial charge is 0.271 e. The fourth-order valence-corrected chi connectivity index (χ4v) is 1.37. The van der Waals surface area contributed by atoms with Crippen LogP contribution in [-0.2, 0) is 4.79 Å². The zero-order valence-electron chi connectivity index (χ0n) is 10.5. The van der Waals surface area contributed by atoms with Gasteiger partial charge in [0.2, 0.25) is 0 Å². The lowest BCUT2D eigenvalue weighted by Crippen LogP contribution is -2.19. The Morgan fingerprint density at radius 1 is 1.37 bits per heavy atom. The van der Waals surface area contributed by atoms with E-state index in [1.807, 2.05) is 0 Å². The summed E-state index contributed by atoms with van der Waals surface area (Å²) < 4.78 is 0. The molecule has 1 N–H and O–H groups in total. The lowest BCUT2D eigenvalue weighted by atomic mass is 10.2. The Kier molecular flexibility index (Phi) is 4.87. The number of nitrogens with zero attached hydrogens (tertiary/aromatic N) is 2. The minimum Gasteiger partial charge on any atom is -0.300 e. The number of hydrogen-bond donors (Lipinski definition) is 1. The van der Waals surface area contributed by atoms with Crippen molar-refractivity contribution in [3.8, 4) is 0 Å². The molecule has 1 amide bonds. The molecule has 0 atom stereocenters. The SMILES string of the molecule is CC(=O)CC(C)=NNC(=O)c1cccc([N+](=O)[O-])c1. The highest BCUT2D eigenvalue weighted by Gasteiger charge is 2.10. The van der Waals surface area contributed by atoms with E-state index in [0.717, 1.165) is 6.07 Å². The molecule has 0 aliphatic heterocycles. The summed E-state index contributed by atoms with van der Waals surface area (Å²) in [5.74, 6) is -0.627. The van der Waals surface area contributed by atoms with Gasteiger partial charge in [0.25, 0.3) is 11.6 Å². The molecule has 0 radical (unpaired) electrons. The summed E-state index contributed by atoms with van der Waals surface area (Å²) in [6.07, 6.45) is 0.148. The molecule has 1 aromatic rings. The van der Waals surface area contributed by atoms with Crippen molar-refractivity contribution < 1.29 is 14.5 Å². The number of benzene rings is 1. The average molecular weight is 263 g/mol. The summed E-state index contributed by atoms with van der Waals surface area (Å²) in [6, 6.07) is 5.31. The number of nitro groups is 1. The summed E-state index contributed by atoms with van der Waals surface area (Å²) in [4.78, 5) is 32.5. The topological polar surface area (TPSA) is 102 Å². The second-order valence-electron chi connectivity index (χ2n) is 3.97. The lowest BCUT2D eigenvalue weighted by Gasteiger charge is -2.01. The molecule has 7 nitrogen and oxygen atoms in total. The molecule has 0 heterocycles. The molecule has 0 saturated heterocycles. The molecule has 100 valence electrons. The van der Waals surface area contributed by atoms with Crippen molar-refractivity contribution in [3.63, 3.8) is 0 Å². The number of carbonyl (C=O) groups excluding carboxylic acids is 2. The highest BCUT2D eigenvalue weighted by Crippen LogP contribution is 2.12. The number of hydrogen-bond acceptors (Lipinski definition) is 5. The Balaban J connectivity index is 2.76. The van der Waals surface area contributed by atoms with Gasteiger partial charge in [0, 0.05) is 29.8 Å². The molecule has 0 aliphatic carbocycles. The summed E-state index contributed by atoms with van der Waals surface area (Å²) in [7, 11) is 0. The summed E-state index contributed by atoms with van der Waals surface area (Å²) in [6.45, 7) is 3.02. The molecule has 0 aliphatic rings. The third kappa shape index (κ3) is 4.66. The van der Waals surface area contributed by atoms with E-state index in [9.17, 15) is 19.7 Å². The van der Waals surface area contributed by atoms with Crippen molar-refractivity contribution in [1.29, 1.82) is 0 Å². The van der Waals surface area contributed by atoms with E-state index in [0.29, 0.717) is 5.71 Å². The largest absolute Gasteiger partial charge is 0.300 e. The van der Waals surface area contributed by atoms with Crippen LogP contribution in [0.15, 0.2) is 29.4 Å². The molecule has 0 aromatic heterocycles. The first kappa shape index (κ1) is 14.5. The minimum absolute atomic E-state index is 0.0640. The molecule has 0 bridgehead atoms. The zero-order chi connectivity index (χ0) is 14.4. The first-order valence-electron chi connectivity index (χ1n) is 5.47. The van der Waals surface area contributed by atoms with Crippen LogP contribution in [0.25, 0.3) is 0 Å². The van der Waals surface area contributed by atoms with Crippen molar-refractivity contribution in [1.82, 2.24) is 5.43 Å². The van der Waals surface area contributed by atoms with Gasteiger partial charge in [0.1, 0.15) is 5.78 Å². The van der Waals surface area contributed by atoms with Gasteiger partial charge in [-0.2, -0.15) is 5.10 Å². The molecule has 1 rings (SSSR count). The van der Waals surface area contributed by atoms with Crippen molar-refractivity contribution in [2.24, 2.45) is 5.10 Å². The predicted octanol–water partition coefficient (Wildman–Crippen LogP) is 1.68. The fourth-order valence-electron chi connectivity index (χ4n) is 1.37. The Bertz CT molecular complexity index is 552. The van der Waals surface area contributed by atoms with Crippen LogP contribution >= 0.6 is 0 Å². The number of rotatable bonds is 5. The maximum Gasteiger partial charge on any atom is 0.271 e. The number of carbonyl (C=O) groups is 2. The molecule has 0 fully saturated rings. The Morgan fingerprint density at radius 2 is 2.05 bits per heavy atom. The van der Waals surface area contributed by atoms with Gasteiger partial charge in [-0.05, 0) is 19.9 Å². The summed E-state index contributed by atoms with van der Waals surface area (Å²) >= 11 is 0. The molecular formula is C12H13N3O4. The van der Waals surface area contributed by atoms with E-state index in [1.54, 1.807) is 6.92 Å². The molecule has 0 saturated carbocycles. The van der Waals surface area contributed by atoms with Crippen LogP contribution in [0, 0.1) is 10.1 Å². The van der Waals surface area contributed by atoms with Crippen LogP contribution in [0.1, 0.15) is 30.6 Å². The van der Waals surface area contributed by atoms with Crippen LogP contribution in [-0.4, -0.2) is 22.3 Å². The number of hydrazone groups is 1. The normalized spacial score (nSPS) is 10.9.